The fraction of sp³-hybridized carbons (Fsp3) is 0.467. The molecule has 0 fully saturated rings. The van der Waals surface area contributed by atoms with Crippen LogP contribution >= 0.6 is 0 Å². The third-order valence-corrected chi connectivity index (χ3v) is 4.72. The van der Waals surface area contributed by atoms with Crippen molar-refractivity contribution in [2.24, 2.45) is 0 Å². The van der Waals surface area contributed by atoms with Crippen LogP contribution in [-0.2, 0) is 10.0 Å². The minimum atomic E-state index is -3.54. The molecule has 0 aliphatic rings. The van der Waals surface area contributed by atoms with Gasteiger partial charge in [0, 0.05) is 25.3 Å². The molecule has 2 heterocycles. The molecular formula is C15H23N5O2S. The largest absolute Gasteiger partial charge is 0.370 e. The van der Waals surface area contributed by atoms with Crippen LogP contribution in [0.4, 0.5) is 5.82 Å². The zero-order chi connectivity index (χ0) is 16.9. The number of hydrogen-bond acceptors (Lipinski definition) is 5. The lowest BCUT2D eigenvalue weighted by Gasteiger charge is -2.12. The number of nitrogens with one attached hydrogen (secondary N) is 2. The fourth-order valence-corrected chi connectivity index (χ4v) is 3.37. The zero-order valence-corrected chi connectivity index (χ0v) is 14.5. The number of aryl methyl sites for hydroxylation is 1. The van der Waals surface area contributed by atoms with E-state index in [1.807, 2.05) is 32.9 Å². The van der Waals surface area contributed by atoms with Crippen molar-refractivity contribution < 1.29 is 8.42 Å². The summed E-state index contributed by atoms with van der Waals surface area (Å²) in [6.07, 6.45) is 3.95. The van der Waals surface area contributed by atoms with E-state index in [9.17, 15) is 8.42 Å². The average molecular weight is 337 g/mol. The summed E-state index contributed by atoms with van der Waals surface area (Å²) in [6, 6.07) is 5.38. The Morgan fingerprint density at radius 3 is 2.65 bits per heavy atom. The first kappa shape index (κ1) is 17.4. The van der Waals surface area contributed by atoms with Gasteiger partial charge in [0.15, 0.2) is 5.03 Å². The van der Waals surface area contributed by atoms with Crippen LogP contribution in [0, 0.1) is 6.92 Å². The van der Waals surface area contributed by atoms with Crippen LogP contribution in [0.15, 0.2) is 35.6 Å². The van der Waals surface area contributed by atoms with E-state index in [1.54, 1.807) is 6.20 Å². The molecule has 2 aromatic heterocycles. The van der Waals surface area contributed by atoms with Crippen molar-refractivity contribution in [3.63, 3.8) is 0 Å². The molecule has 0 atom stereocenters. The molecule has 126 valence electrons. The first-order chi connectivity index (χ1) is 10.9. The highest BCUT2D eigenvalue weighted by Gasteiger charge is 2.19. The average Bonchev–Trinajstić information content (AvgIpc) is 2.99. The summed E-state index contributed by atoms with van der Waals surface area (Å²) in [5, 5.41) is 7.40. The lowest BCUT2D eigenvalue weighted by atomic mass is 10.3. The van der Waals surface area contributed by atoms with Gasteiger partial charge in [-0.05, 0) is 44.9 Å². The van der Waals surface area contributed by atoms with E-state index in [0.29, 0.717) is 19.5 Å². The third kappa shape index (κ3) is 4.77. The smallest absolute Gasteiger partial charge is 0.257 e. The molecule has 0 aromatic carbocycles. The number of pyridine rings is 1. The highest BCUT2D eigenvalue weighted by atomic mass is 32.2. The predicted molar refractivity (Wildman–Crippen MR) is 89.9 cm³/mol. The molecule has 7 nitrogen and oxygen atoms in total. The van der Waals surface area contributed by atoms with Gasteiger partial charge in [-0.2, -0.15) is 5.10 Å². The van der Waals surface area contributed by atoms with Gasteiger partial charge < -0.3 is 5.32 Å². The molecule has 8 heteroatoms. The summed E-state index contributed by atoms with van der Waals surface area (Å²) in [5.41, 5.74) is 1.10. The van der Waals surface area contributed by atoms with Gasteiger partial charge in [0.2, 0.25) is 0 Å². The van der Waals surface area contributed by atoms with Crippen molar-refractivity contribution in [1.82, 2.24) is 19.5 Å². The SMILES string of the molecule is Cc1ccc(NCCCNS(=O)(=O)c2ccnn2C(C)C)nc1. The molecule has 0 aliphatic carbocycles. The van der Waals surface area contributed by atoms with Crippen LogP contribution in [-0.4, -0.2) is 36.3 Å². The van der Waals surface area contributed by atoms with Crippen LogP contribution in [0.3, 0.4) is 0 Å². The summed E-state index contributed by atoms with van der Waals surface area (Å²) in [5.74, 6) is 0.788. The van der Waals surface area contributed by atoms with E-state index in [1.165, 1.54) is 16.9 Å². The second-order valence-corrected chi connectivity index (χ2v) is 7.32. The number of nitrogens with zero attached hydrogens (tertiary/aromatic N) is 3. The molecule has 0 radical (unpaired) electrons. The number of sulfonamides is 1. The molecule has 2 rings (SSSR count). The molecular weight excluding hydrogens is 314 g/mol. The Morgan fingerprint density at radius 1 is 1.22 bits per heavy atom. The summed E-state index contributed by atoms with van der Waals surface area (Å²) < 4.78 is 28.7. The first-order valence-corrected chi connectivity index (χ1v) is 9.08. The summed E-state index contributed by atoms with van der Waals surface area (Å²) in [6.45, 7) is 6.76. The Bertz CT molecular complexity index is 723. The van der Waals surface area contributed by atoms with Crippen LogP contribution in [0.5, 0.6) is 0 Å². The third-order valence-electron chi connectivity index (χ3n) is 3.26. The molecule has 23 heavy (non-hydrogen) atoms. The van der Waals surface area contributed by atoms with Crippen molar-refractivity contribution >= 4 is 15.8 Å². The number of anilines is 1. The van der Waals surface area contributed by atoms with Gasteiger partial charge >= 0.3 is 0 Å². The number of aromatic nitrogens is 3. The normalized spacial score (nSPS) is 11.8. The minimum Gasteiger partial charge on any atom is -0.370 e. The van der Waals surface area contributed by atoms with Crippen molar-refractivity contribution in [3.8, 4) is 0 Å². The van der Waals surface area contributed by atoms with Gasteiger partial charge in [0.1, 0.15) is 5.82 Å². The molecule has 0 aliphatic heterocycles. The molecule has 0 spiro atoms. The Hall–Kier alpha value is -1.93. The van der Waals surface area contributed by atoms with Gasteiger partial charge in [-0.3, -0.25) is 4.68 Å². The zero-order valence-electron chi connectivity index (χ0n) is 13.7. The fourth-order valence-electron chi connectivity index (χ4n) is 2.06. The number of hydrogen-bond donors (Lipinski definition) is 2. The van der Waals surface area contributed by atoms with Crippen molar-refractivity contribution in [2.75, 3.05) is 18.4 Å². The van der Waals surface area contributed by atoms with Crippen LogP contribution < -0.4 is 10.0 Å². The van der Waals surface area contributed by atoms with Crippen molar-refractivity contribution in [1.29, 1.82) is 0 Å². The van der Waals surface area contributed by atoms with Gasteiger partial charge in [0.05, 0.1) is 6.20 Å². The summed E-state index contributed by atoms with van der Waals surface area (Å²) in [7, 11) is -3.54. The molecule has 0 saturated heterocycles. The maximum Gasteiger partial charge on any atom is 0.257 e. The number of rotatable bonds is 8. The predicted octanol–water partition coefficient (Wildman–Crippen LogP) is 1.95. The second-order valence-electron chi connectivity index (χ2n) is 5.61. The van der Waals surface area contributed by atoms with E-state index in [0.717, 1.165) is 11.4 Å². The molecule has 0 saturated carbocycles. The van der Waals surface area contributed by atoms with Gasteiger partial charge in [-0.25, -0.2) is 18.1 Å². The van der Waals surface area contributed by atoms with Gasteiger partial charge in [-0.15, -0.1) is 0 Å². The minimum absolute atomic E-state index is 0.00847. The molecule has 2 N–H and O–H groups in total. The van der Waals surface area contributed by atoms with Gasteiger partial charge in [0.25, 0.3) is 10.0 Å². The standard InChI is InChI=1S/C15H23N5O2S/c1-12(2)20-15(7-10-18-20)23(21,22)19-9-4-8-16-14-6-5-13(3)11-17-14/h5-7,10-12,19H,4,8-9H2,1-3H3,(H,16,17). The van der Waals surface area contributed by atoms with Crippen molar-refractivity contribution in [3.05, 3.63) is 36.2 Å². The Balaban J connectivity index is 1.81. The van der Waals surface area contributed by atoms with E-state index in [-0.39, 0.29) is 11.1 Å². The van der Waals surface area contributed by atoms with Gasteiger partial charge in [-0.1, -0.05) is 6.07 Å². The monoisotopic (exact) mass is 337 g/mol. The Labute approximate surface area is 137 Å². The van der Waals surface area contributed by atoms with E-state index in [4.69, 9.17) is 0 Å². The lowest BCUT2D eigenvalue weighted by Crippen LogP contribution is -2.28. The maximum absolute atomic E-state index is 12.3. The molecule has 2 aromatic rings. The Kier molecular flexibility index (Phi) is 5.73. The first-order valence-electron chi connectivity index (χ1n) is 7.60. The van der Waals surface area contributed by atoms with Crippen LogP contribution in [0.2, 0.25) is 0 Å². The highest BCUT2D eigenvalue weighted by Crippen LogP contribution is 2.13. The highest BCUT2D eigenvalue weighted by molar-refractivity contribution is 7.89. The van der Waals surface area contributed by atoms with E-state index < -0.39 is 10.0 Å². The summed E-state index contributed by atoms with van der Waals surface area (Å²) >= 11 is 0. The quantitative estimate of drug-likeness (QED) is 0.719. The van der Waals surface area contributed by atoms with E-state index in [2.05, 4.69) is 20.1 Å². The van der Waals surface area contributed by atoms with Crippen LogP contribution in [0.1, 0.15) is 31.9 Å². The lowest BCUT2D eigenvalue weighted by molar-refractivity contribution is 0.475. The molecule has 0 amide bonds. The maximum atomic E-state index is 12.3. The Morgan fingerprint density at radius 2 is 2.00 bits per heavy atom. The van der Waals surface area contributed by atoms with E-state index >= 15 is 0 Å². The molecule has 0 bridgehead atoms. The molecule has 0 unspecified atom stereocenters. The van der Waals surface area contributed by atoms with Crippen LogP contribution in [0.25, 0.3) is 0 Å². The van der Waals surface area contributed by atoms with Crippen molar-refractivity contribution in [2.45, 2.75) is 38.3 Å². The second kappa shape index (κ2) is 7.56. The summed E-state index contributed by atoms with van der Waals surface area (Å²) in [4.78, 5) is 4.23. The topological polar surface area (TPSA) is 88.9 Å².